The summed E-state index contributed by atoms with van der Waals surface area (Å²) in [7, 11) is -2.26. The molecule has 0 aliphatic heterocycles. The van der Waals surface area contributed by atoms with Crippen LogP contribution in [0.3, 0.4) is 0 Å². The van der Waals surface area contributed by atoms with Gasteiger partial charge in [0.15, 0.2) is 0 Å². The molecule has 0 atom stereocenters. The fraction of sp³-hybridized carbons (Fsp3) is 0.0909. The second-order valence-electron chi connectivity index (χ2n) is 6.77. The van der Waals surface area contributed by atoms with Crippen LogP contribution in [0, 0.1) is 17.0 Å². The molecule has 0 aromatic heterocycles. The maximum absolute atomic E-state index is 12.7. The van der Waals surface area contributed by atoms with Gasteiger partial charge in [0.2, 0.25) is 0 Å². The van der Waals surface area contributed by atoms with Gasteiger partial charge in [-0.25, -0.2) is 8.42 Å². The molecule has 0 bridgehead atoms. The SMILES string of the molecule is COc1ccc(/C(=C/NS(=O)(=O)c2ccc(C)cc2)Nc2ccc([N+](=O)[O-])cc2Br)cc1. The molecule has 3 aromatic rings. The minimum Gasteiger partial charge on any atom is -0.497 e. The third-order valence-corrected chi connectivity index (χ3v) is 6.50. The maximum atomic E-state index is 12.7. The topological polar surface area (TPSA) is 111 Å². The molecular weight excluding hydrogens is 498 g/mol. The van der Waals surface area contributed by atoms with Crippen molar-refractivity contribution in [3.05, 3.63) is 98.6 Å². The van der Waals surface area contributed by atoms with E-state index in [0.29, 0.717) is 27.2 Å². The molecule has 0 heterocycles. The Morgan fingerprint density at radius 3 is 2.28 bits per heavy atom. The van der Waals surface area contributed by atoms with Crippen molar-refractivity contribution >= 4 is 43.0 Å². The zero-order chi connectivity index (χ0) is 23.3. The Labute approximate surface area is 194 Å². The van der Waals surface area contributed by atoms with Gasteiger partial charge >= 0.3 is 0 Å². The van der Waals surface area contributed by atoms with Gasteiger partial charge in [0.25, 0.3) is 15.7 Å². The highest BCUT2D eigenvalue weighted by Crippen LogP contribution is 2.30. The molecule has 3 aromatic carbocycles. The lowest BCUT2D eigenvalue weighted by atomic mass is 10.1. The highest BCUT2D eigenvalue weighted by molar-refractivity contribution is 9.10. The highest BCUT2D eigenvalue weighted by Gasteiger charge is 2.14. The number of methoxy groups -OCH3 is 1. The molecule has 3 rings (SSSR count). The Bertz CT molecular complexity index is 1260. The molecule has 0 spiro atoms. The smallest absolute Gasteiger partial charge is 0.270 e. The first-order valence-electron chi connectivity index (χ1n) is 9.34. The average Bonchev–Trinajstić information content (AvgIpc) is 2.78. The fourth-order valence-electron chi connectivity index (χ4n) is 2.75. The number of hydrogen-bond donors (Lipinski definition) is 2. The Balaban J connectivity index is 1.96. The molecule has 10 heteroatoms. The Morgan fingerprint density at radius 1 is 1.06 bits per heavy atom. The minimum atomic E-state index is -3.81. The summed E-state index contributed by atoms with van der Waals surface area (Å²) in [6.45, 7) is 1.87. The molecule has 0 amide bonds. The molecule has 0 aliphatic rings. The van der Waals surface area contributed by atoms with Crippen LogP contribution < -0.4 is 14.8 Å². The van der Waals surface area contributed by atoms with Crippen LogP contribution in [0.4, 0.5) is 11.4 Å². The maximum Gasteiger partial charge on any atom is 0.270 e. The number of aryl methyl sites for hydroxylation is 1. The summed E-state index contributed by atoms with van der Waals surface area (Å²) < 4.78 is 33.6. The summed E-state index contributed by atoms with van der Waals surface area (Å²) in [6.07, 6.45) is 1.34. The van der Waals surface area contributed by atoms with Crippen LogP contribution in [-0.4, -0.2) is 20.5 Å². The fourth-order valence-corrected chi connectivity index (χ4v) is 4.12. The van der Waals surface area contributed by atoms with Crippen molar-refractivity contribution in [2.45, 2.75) is 11.8 Å². The molecule has 0 radical (unpaired) electrons. The number of ether oxygens (including phenoxy) is 1. The van der Waals surface area contributed by atoms with E-state index in [4.69, 9.17) is 4.74 Å². The van der Waals surface area contributed by atoms with Crippen LogP contribution in [0.15, 0.2) is 82.3 Å². The predicted molar refractivity (Wildman–Crippen MR) is 127 cm³/mol. The molecule has 0 fully saturated rings. The summed E-state index contributed by atoms with van der Waals surface area (Å²) >= 11 is 3.32. The van der Waals surface area contributed by atoms with Crippen molar-refractivity contribution in [1.29, 1.82) is 0 Å². The molecule has 2 N–H and O–H groups in total. The first-order valence-corrected chi connectivity index (χ1v) is 11.6. The minimum absolute atomic E-state index is 0.0718. The number of anilines is 1. The molecule has 0 aliphatic carbocycles. The molecule has 8 nitrogen and oxygen atoms in total. The molecule has 0 saturated heterocycles. The third kappa shape index (κ3) is 5.65. The summed E-state index contributed by atoms with van der Waals surface area (Å²) in [5.74, 6) is 0.643. The average molecular weight is 518 g/mol. The van der Waals surface area contributed by atoms with Crippen LogP contribution in [-0.2, 0) is 10.0 Å². The van der Waals surface area contributed by atoms with Crippen LogP contribution in [0.25, 0.3) is 5.70 Å². The van der Waals surface area contributed by atoms with E-state index in [0.717, 1.165) is 5.56 Å². The standard InChI is InChI=1S/C22H20BrN3O5S/c1-15-3-10-19(11-4-15)32(29,30)24-14-22(16-5-8-18(31-2)9-6-16)25-21-12-7-17(26(27)28)13-20(21)23/h3-14,24-25H,1-2H3/b22-14-. The number of benzene rings is 3. The van der Waals surface area contributed by atoms with Crippen LogP contribution >= 0.6 is 15.9 Å². The zero-order valence-corrected chi connectivity index (χ0v) is 19.6. The van der Waals surface area contributed by atoms with Crippen molar-refractivity contribution in [2.24, 2.45) is 0 Å². The predicted octanol–water partition coefficient (Wildman–Crippen LogP) is 5.06. The number of halogens is 1. The van der Waals surface area contributed by atoms with Gasteiger partial charge in [-0.1, -0.05) is 17.7 Å². The number of nitrogens with one attached hydrogen (secondary N) is 2. The van der Waals surface area contributed by atoms with Crippen LogP contribution in [0.1, 0.15) is 11.1 Å². The van der Waals surface area contributed by atoms with E-state index < -0.39 is 14.9 Å². The molecule has 32 heavy (non-hydrogen) atoms. The van der Waals surface area contributed by atoms with Gasteiger partial charge in [-0.15, -0.1) is 0 Å². The van der Waals surface area contributed by atoms with Crippen molar-refractivity contribution in [2.75, 3.05) is 12.4 Å². The lowest BCUT2D eigenvalue weighted by Crippen LogP contribution is -2.19. The Hall–Kier alpha value is -3.37. The molecular formula is C22H20BrN3O5S. The second-order valence-corrected chi connectivity index (χ2v) is 9.34. The van der Waals surface area contributed by atoms with E-state index in [1.165, 1.54) is 36.5 Å². The van der Waals surface area contributed by atoms with Gasteiger partial charge in [-0.3, -0.25) is 14.8 Å². The van der Waals surface area contributed by atoms with Gasteiger partial charge in [-0.05, 0) is 70.9 Å². The number of nitro benzene ring substituents is 1. The van der Waals surface area contributed by atoms with Gasteiger partial charge < -0.3 is 10.1 Å². The first kappa shape index (κ1) is 23.3. The zero-order valence-electron chi connectivity index (χ0n) is 17.2. The summed E-state index contributed by atoms with van der Waals surface area (Å²) in [5, 5.41) is 14.1. The van der Waals surface area contributed by atoms with E-state index >= 15 is 0 Å². The normalized spacial score (nSPS) is 11.7. The van der Waals surface area contributed by atoms with E-state index in [1.807, 2.05) is 6.92 Å². The first-order chi connectivity index (χ1) is 15.2. The number of non-ortho nitro benzene ring substituents is 1. The van der Waals surface area contributed by atoms with Gasteiger partial charge in [0, 0.05) is 22.8 Å². The molecule has 166 valence electrons. The van der Waals surface area contributed by atoms with E-state index in [2.05, 4.69) is 26.0 Å². The highest BCUT2D eigenvalue weighted by atomic mass is 79.9. The van der Waals surface area contributed by atoms with Gasteiger partial charge in [0.05, 0.1) is 28.3 Å². The number of hydrogen-bond acceptors (Lipinski definition) is 6. The summed E-state index contributed by atoms with van der Waals surface area (Å²) in [4.78, 5) is 10.6. The second kappa shape index (κ2) is 9.84. The van der Waals surface area contributed by atoms with E-state index in [-0.39, 0.29) is 10.6 Å². The van der Waals surface area contributed by atoms with Gasteiger partial charge in [-0.2, -0.15) is 0 Å². The number of sulfonamides is 1. The lowest BCUT2D eigenvalue weighted by Gasteiger charge is -2.14. The third-order valence-electron chi connectivity index (χ3n) is 4.52. The Morgan fingerprint density at radius 2 is 1.72 bits per heavy atom. The van der Waals surface area contributed by atoms with Crippen molar-refractivity contribution in [3.63, 3.8) is 0 Å². The van der Waals surface area contributed by atoms with E-state index in [1.54, 1.807) is 43.5 Å². The van der Waals surface area contributed by atoms with Crippen molar-refractivity contribution in [1.82, 2.24) is 4.72 Å². The number of nitro groups is 1. The van der Waals surface area contributed by atoms with Crippen LogP contribution in [0.5, 0.6) is 5.75 Å². The van der Waals surface area contributed by atoms with Crippen molar-refractivity contribution in [3.8, 4) is 5.75 Å². The van der Waals surface area contributed by atoms with E-state index in [9.17, 15) is 18.5 Å². The number of rotatable bonds is 8. The van der Waals surface area contributed by atoms with Crippen molar-refractivity contribution < 1.29 is 18.1 Å². The lowest BCUT2D eigenvalue weighted by molar-refractivity contribution is -0.384. The molecule has 0 unspecified atom stereocenters. The van der Waals surface area contributed by atoms with Gasteiger partial charge in [0.1, 0.15) is 5.75 Å². The van der Waals surface area contributed by atoms with Crippen LogP contribution in [0.2, 0.25) is 0 Å². The summed E-state index contributed by atoms with van der Waals surface area (Å²) in [6, 6.07) is 17.7. The number of nitrogens with zero attached hydrogens (tertiary/aromatic N) is 1. The Kier molecular flexibility index (Phi) is 7.16. The summed E-state index contributed by atoms with van der Waals surface area (Å²) in [5.41, 5.74) is 2.49. The monoisotopic (exact) mass is 517 g/mol. The quantitative estimate of drug-likeness (QED) is 0.319. The largest absolute Gasteiger partial charge is 0.497 e. The molecule has 0 saturated carbocycles.